The van der Waals surface area contributed by atoms with E-state index in [1.807, 2.05) is 19.1 Å². The quantitative estimate of drug-likeness (QED) is 0.676. The molecule has 3 heteroatoms. The minimum absolute atomic E-state index is 0.00948. The highest BCUT2D eigenvalue weighted by atomic mass is 16.3. The molecule has 0 aromatic carbocycles. The maximum atomic E-state index is 8.70. The first-order valence-corrected chi connectivity index (χ1v) is 4.00. The Balaban J connectivity index is 2.58. The van der Waals surface area contributed by atoms with Gasteiger partial charge in [0.15, 0.2) is 0 Å². The number of aliphatic hydroxyl groups excluding tert-OH is 1. The highest BCUT2D eigenvalue weighted by molar-refractivity contribution is 5.12. The van der Waals surface area contributed by atoms with E-state index in [9.17, 15) is 0 Å². The lowest BCUT2D eigenvalue weighted by Crippen LogP contribution is -2.27. The molecule has 0 aliphatic heterocycles. The van der Waals surface area contributed by atoms with Gasteiger partial charge in [-0.3, -0.25) is 4.98 Å². The fourth-order valence-electron chi connectivity index (χ4n) is 0.952. The Hall–Kier alpha value is -0.930. The Morgan fingerprint density at radius 1 is 1.58 bits per heavy atom. The van der Waals surface area contributed by atoms with Gasteiger partial charge < -0.3 is 10.8 Å². The van der Waals surface area contributed by atoms with Gasteiger partial charge in [0.2, 0.25) is 0 Å². The zero-order chi connectivity index (χ0) is 8.97. The molecule has 1 unspecified atom stereocenters. The molecule has 1 rings (SSSR count). The number of rotatable bonds is 3. The SMILES string of the molecule is Cc1ccc(CC(N)CO)nc1. The minimum Gasteiger partial charge on any atom is -0.395 e. The van der Waals surface area contributed by atoms with Gasteiger partial charge in [-0.15, -0.1) is 0 Å². The van der Waals surface area contributed by atoms with E-state index < -0.39 is 0 Å². The van der Waals surface area contributed by atoms with Crippen molar-refractivity contribution in [2.75, 3.05) is 6.61 Å². The molecule has 1 heterocycles. The summed E-state index contributed by atoms with van der Waals surface area (Å²) < 4.78 is 0. The van der Waals surface area contributed by atoms with Crippen LogP contribution in [0, 0.1) is 6.92 Å². The first-order chi connectivity index (χ1) is 5.72. The zero-order valence-electron chi connectivity index (χ0n) is 7.20. The van der Waals surface area contributed by atoms with Crippen LogP contribution in [0.2, 0.25) is 0 Å². The topological polar surface area (TPSA) is 59.1 Å². The van der Waals surface area contributed by atoms with Gasteiger partial charge in [-0.05, 0) is 18.6 Å². The van der Waals surface area contributed by atoms with Crippen LogP contribution in [-0.2, 0) is 6.42 Å². The Labute approximate surface area is 72.2 Å². The number of aliphatic hydroxyl groups is 1. The first-order valence-electron chi connectivity index (χ1n) is 4.00. The third-order valence-electron chi connectivity index (χ3n) is 1.68. The largest absolute Gasteiger partial charge is 0.395 e. The van der Waals surface area contributed by atoms with E-state index in [2.05, 4.69) is 4.98 Å². The van der Waals surface area contributed by atoms with E-state index in [0.29, 0.717) is 6.42 Å². The van der Waals surface area contributed by atoms with Crippen LogP contribution in [0.4, 0.5) is 0 Å². The summed E-state index contributed by atoms with van der Waals surface area (Å²) >= 11 is 0. The molecule has 3 nitrogen and oxygen atoms in total. The van der Waals surface area contributed by atoms with Crippen molar-refractivity contribution in [1.82, 2.24) is 4.98 Å². The minimum atomic E-state index is -0.194. The standard InChI is InChI=1S/C9H14N2O/c1-7-2-3-9(11-5-7)4-8(10)6-12/h2-3,5,8,12H,4,6,10H2,1H3. The Morgan fingerprint density at radius 3 is 2.83 bits per heavy atom. The number of nitrogens with two attached hydrogens (primary N) is 1. The van der Waals surface area contributed by atoms with Gasteiger partial charge in [0.1, 0.15) is 0 Å². The summed E-state index contributed by atoms with van der Waals surface area (Å²) in [6, 6.07) is 3.73. The monoisotopic (exact) mass is 166 g/mol. The molecule has 0 saturated carbocycles. The fourth-order valence-corrected chi connectivity index (χ4v) is 0.952. The van der Waals surface area contributed by atoms with Gasteiger partial charge in [-0.1, -0.05) is 6.07 Å². The van der Waals surface area contributed by atoms with Gasteiger partial charge in [0, 0.05) is 24.4 Å². The smallest absolute Gasteiger partial charge is 0.0586 e. The normalized spacial score (nSPS) is 12.9. The summed E-state index contributed by atoms with van der Waals surface area (Å²) in [5, 5.41) is 8.70. The highest BCUT2D eigenvalue weighted by Crippen LogP contribution is 2.00. The molecule has 12 heavy (non-hydrogen) atoms. The number of hydrogen-bond acceptors (Lipinski definition) is 3. The Morgan fingerprint density at radius 2 is 2.33 bits per heavy atom. The molecule has 0 saturated heterocycles. The van der Waals surface area contributed by atoms with Gasteiger partial charge in [0.05, 0.1) is 6.61 Å². The van der Waals surface area contributed by atoms with Crippen LogP contribution in [0.15, 0.2) is 18.3 Å². The van der Waals surface area contributed by atoms with Crippen molar-refractivity contribution in [3.8, 4) is 0 Å². The molecule has 0 fully saturated rings. The third kappa shape index (κ3) is 2.60. The molecule has 0 amide bonds. The molecule has 66 valence electrons. The molecule has 1 atom stereocenters. The van der Waals surface area contributed by atoms with Crippen molar-refractivity contribution in [2.45, 2.75) is 19.4 Å². The molecule has 0 bridgehead atoms. The summed E-state index contributed by atoms with van der Waals surface area (Å²) in [4.78, 5) is 4.18. The van der Waals surface area contributed by atoms with Crippen LogP contribution in [0.25, 0.3) is 0 Å². The molecule has 0 radical (unpaired) electrons. The molecular formula is C9H14N2O. The average molecular weight is 166 g/mol. The summed E-state index contributed by atoms with van der Waals surface area (Å²) in [6.45, 7) is 2.00. The van der Waals surface area contributed by atoms with Gasteiger partial charge >= 0.3 is 0 Å². The van der Waals surface area contributed by atoms with Crippen molar-refractivity contribution in [2.24, 2.45) is 5.73 Å². The van der Waals surface area contributed by atoms with Crippen LogP contribution >= 0.6 is 0 Å². The van der Waals surface area contributed by atoms with Gasteiger partial charge in [0.25, 0.3) is 0 Å². The number of aromatic nitrogens is 1. The summed E-state index contributed by atoms with van der Waals surface area (Å²) in [6.07, 6.45) is 2.44. The highest BCUT2D eigenvalue weighted by Gasteiger charge is 2.02. The Kier molecular flexibility index (Phi) is 3.19. The lowest BCUT2D eigenvalue weighted by molar-refractivity contribution is 0.264. The molecule has 0 spiro atoms. The van der Waals surface area contributed by atoms with Crippen LogP contribution in [0.1, 0.15) is 11.3 Å². The van der Waals surface area contributed by atoms with E-state index in [1.165, 1.54) is 0 Å². The predicted octanol–water partition coefficient (Wildman–Crippen LogP) is 0.252. The predicted molar refractivity (Wildman–Crippen MR) is 47.7 cm³/mol. The molecular weight excluding hydrogens is 152 g/mol. The van der Waals surface area contributed by atoms with E-state index >= 15 is 0 Å². The van der Waals surface area contributed by atoms with Crippen molar-refractivity contribution in [1.29, 1.82) is 0 Å². The van der Waals surface area contributed by atoms with E-state index in [-0.39, 0.29) is 12.6 Å². The zero-order valence-corrected chi connectivity index (χ0v) is 7.20. The van der Waals surface area contributed by atoms with Crippen LogP contribution in [0.3, 0.4) is 0 Å². The molecule has 0 aliphatic rings. The summed E-state index contributed by atoms with van der Waals surface area (Å²) in [5.41, 5.74) is 7.62. The van der Waals surface area contributed by atoms with Crippen LogP contribution in [0.5, 0.6) is 0 Å². The number of nitrogens with zero attached hydrogens (tertiary/aromatic N) is 1. The lowest BCUT2D eigenvalue weighted by atomic mass is 10.1. The molecule has 3 N–H and O–H groups in total. The van der Waals surface area contributed by atoms with Crippen molar-refractivity contribution < 1.29 is 5.11 Å². The summed E-state index contributed by atoms with van der Waals surface area (Å²) in [5.74, 6) is 0. The summed E-state index contributed by atoms with van der Waals surface area (Å²) in [7, 11) is 0. The van der Waals surface area contributed by atoms with E-state index in [1.54, 1.807) is 6.20 Å². The van der Waals surface area contributed by atoms with Gasteiger partial charge in [-0.2, -0.15) is 0 Å². The second-order valence-electron chi connectivity index (χ2n) is 2.97. The average Bonchev–Trinajstić information content (AvgIpc) is 2.09. The van der Waals surface area contributed by atoms with Gasteiger partial charge in [-0.25, -0.2) is 0 Å². The third-order valence-corrected chi connectivity index (χ3v) is 1.68. The van der Waals surface area contributed by atoms with Crippen LogP contribution in [-0.4, -0.2) is 22.7 Å². The first kappa shape index (κ1) is 9.16. The van der Waals surface area contributed by atoms with Crippen molar-refractivity contribution in [3.63, 3.8) is 0 Å². The number of hydrogen-bond donors (Lipinski definition) is 2. The van der Waals surface area contributed by atoms with E-state index in [0.717, 1.165) is 11.3 Å². The van der Waals surface area contributed by atoms with Crippen LogP contribution < -0.4 is 5.73 Å². The van der Waals surface area contributed by atoms with Crippen molar-refractivity contribution in [3.05, 3.63) is 29.6 Å². The lowest BCUT2D eigenvalue weighted by Gasteiger charge is -2.06. The number of pyridine rings is 1. The second-order valence-corrected chi connectivity index (χ2v) is 2.97. The number of aryl methyl sites for hydroxylation is 1. The Bertz CT molecular complexity index is 233. The molecule has 1 aromatic heterocycles. The molecule has 0 aliphatic carbocycles. The fraction of sp³-hybridized carbons (Fsp3) is 0.444. The maximum Gasteiger partial charge on any atom is 0.0586 e. The second kappa shape index (κ2) is 4.18. The van der Waals surface area contributed by atoms with Crippen molar-refractivity contribution >= 4 is 0 Å². The maximum absolute atomic E-state index is 8.70. The van der Waals surface area contributed by atoms with E-state index in [4.69, 9.17) is 10.8 Å². The molecule has 1 aromatic rings.